The van der Waals surface area contributed by atoms with Crippen molar-refractivity contribution in [3.63, 3.8) is 0 Å². The second-order valence-electron chi connectivity index (χ2n) is 5.10. The molecule has 108 valence electrons. The third kappa shape index (κ3) is 2.79. The third-order valence-electron chi connectivity index (χ3n) is 3.57. The first kappa shape index (κ1) is 13.4. The van der Waals surface area contributed by atoms with Crippen LogP contribution in [0.4, 0.5) is 11.6 Å². The highest BCUT2D eigenvalue weighted by Crippen LogP contribution is 2.56. The van der Waals surface area contributed by atoms with Gasteiger partial charge >= 0.3 is 0 Å². The maximum absolute atomic E-state index is 11.3. The van der Waals surface area contributed by atoms with E-state index in [1.807, 2.05) is 24.3 Å². The number of rotatable bonds is 5. The van der Waals surface area contributed by atoms with Crippen LogP contribution in [0.5, 0.6) is 0 Å². The van der Waals surface area contributed by atoms with Gasteiger partial charge in [0.25, 0.3) is 0 Å². The van der Waals surface area contributed by atoms with Gasteiger partial charge in [-0.1, -0.05) is 23.4 Å². The van der Waals surface area contributed by atoms with Gasteiger partial charge in [-0.25, -0.2) is 0 Å². The summed E-state index contributed by atoms with van der Waals surface area (Å²) in [7, 11) is 0. The lowest BCUT2D eigenvalue weighted by Crippen LogP contribution is -2.07. The Bertz CT molecular complexity index is 680. The topological polar surface area (TPSA) is 84.2 Å². The van der Waals surface area contributed by atoms with Crippen molar-refractivity contribution < 1.29 is 14.1 Å². The van der Waals surface area contributed by atoms with Crippen LogP contribution in [0.3, 0.4) is 0 Å². The SMILES string of the molecule is CC(=O)Nc1ccccc1C1CC1c1cc(NC=O)on1. The van der Waals surface area contributed by atoms with Crippen LogP contribution in [-0.2, 0) is 9.59 Å². The van der Waals surface area contributed by atoms with Crippen molar-refractivity contribution in [3.05, 3.63) is 41.6 Å². The Kier molecular flexibility index (Phi) is 3.43. The van der Waals surface area contributed by atoms with E-state index in [0.717, 1.165) is 23.4 Å². The van der Waals surface area contributed by atoms with Gasteiger partial charge in [0.1, 0.15) is 0 Å². The Morgan fingerprint density at radius 3 is 2.95 bits per heavy atom. The van der Waals surface area contributed by atoms with Crippen molar-refractivity contribution >= 4 is 23.9 Å². The summed E-state index contributed by atoms with van der Waals surface area (Å²) in [6, 6.07) is 9.50. The van der Waals surface area contributed by atoms with E-state index in [1.165, 1.54) is 6.92 Å². The Morgan fingerprint density at radius 1 is 1.38 bits per heavy atom. The number of benzene rings is 1. The van der Waals surface area contributed by atoms with E-state index in [1.54, 1.807) is 6.07 Å². The van der Waals surface area contributed by atoms with E-state index in [-0.39, 0.29) is 11.8 Å². The molecule has 2 atom stereocenters. The molecule has 6 nitrogen and oxygen atoms in total. The zero-order chi connectivity index (χ0) is 14.8. The summed E-state index contributed by atoms with van der Waals surface area (Å²) in [6.07, 6.45) is 1.50. The predicted molar refractivity (Wildman–Crippen MR) is 77.0 cm³/mol. The molecule has 3 rings (SSSR count). The fourth-order valence-corrected chi connectivity index (χ4v) is 2.58. The van der Waals surface area contributed by atoms with E-state index >= 15 is 0 Å². The van der Waals surface area contributed by atoms with E-state index in [2.05, 4.69) is 15.8 Å². The molecule has 0 bridgehead atoms. The maximum atomic E-state index is 11.3. The van der Waals surface area contributed by atoms with Crippen molar-refractivity contribution in [2.45, 2.75) is 25.2 Å². The molecule has 0 spiro atoms. The molecule has 0 saturated heterocycles. The summed E-state index contributed by atoms with van der Waals surface area (Å²) < 4.78 is 5.02. The summed E-state index contributed by atoms with van der Waals surface area (Å²) in [5, 5.41) is 9.27. The second kappa shape index (κ2) is 5.40. The Morgan fingerprint density at radius 2 is 2.19 bits per heavy atom. The minimum atomic E-state index is -0.0847. The molecule has 1 saturated carbocycles. The van der Waals surface area contributed by atoms with Crippen molar-refractivity contribution in [1.82, 2.24) is 5.16 Å². The zero-order valence-corrected chi connectivity index (χ0v) is 11.5. The molecule has 2 N–H and O–H groups in total. The van der Waals surface area contributed by atoms with Crippen LogP contribution in [0.25, 0.3) is 0 Å². The van der Waals surface area contributed by atoms with E-state index in [0.29, 0.717) is 18.2 Å². The van der Waals surface area contributed by atoms with Crippen LogP contribution in [0.15, 0.2) is 34.9 Å². The highest BCUT2D eigenvalue weighted by Gasteiger charge is 2.42. The molecule has 1 aromatic carbocycles. The standard InChI is InChI=1S/C15H15N3O3/c1-9(20)17-13-5-3-2-4-10(13)11-6-12(11)14-7-15(16-8-19)21-18-14/h2-5,7-8,11-12H,6H2,1H3,(H,16,19)(H,17,20). The number of nitrogens with one attached hydrogen (secondary N) is 2. The Hall–Kier alpha value is -2.63. The molecular formula is C15H15N3O3. The van der Waals surface area contributed by atoms with Gasteiger partial charge < -0.3 is 9.84 Å². The number of nitrogens with zero attached hydrogens (tertiary/aromatic N) is 1. The first-order valence-electron chi connectivity index (χ1n) is 6.72. The smallest absolute Gasteiger partial charge is 0.231 e. The van der Waals surface area contributed by atoms with Crippen LogP contribution in [0.2, 0.25) is 0 Å². The number of carbonyl (C=O) groups excluding carboxylic acids is 2. The average Bonchev–Trinajstić information content (AvgIpc) is 3.11. The average molecular weight is 285 g/mol. The fraction of sp³-hybridized carbons (Fsp3) is 0.267. The number of aromatic nitrogens is 1. The monoisotopic (exact) mass is 285 g/mol. The Labute approximate surface area is 121 Å². The maximum Gasteiger partial charge on any atom is 0.231 e. The van der Waals surface area contributed by atoms with Gasteiger partial charge in [-0.2, -0.15) is 0 Å². The van der Waals surface area contributed by atoms with E-state index < -0.39 is 0 Å². The van der Waals surface area contributed by atoms with Gasteiger partial charge in [0, 0.05) is 24.6 Å². The predicted octanol–water partition coefficient (Wildman–Crippen LogP) is 2.47. The first-order chi connectivity index (χ1) is 10.2. The molecule has 6 heteroatoms. The van der Waals surface area contributed by atoms with Gasteiger partial charge in [0.05, 0.1) is 5.69 Å². The van der Waals surface area contributed by atoms with Crippen molar-refractivity contribution in [2.75, 3.05) is 10.6 Å². The Balaban J connectivity index is 1.78. The molecule has 2 unspecified atom stereocenters. The highest BCUT2D eigenvalue weighted by molar-refractivity contribution is 5.89. The largest absolute Gasteiger partial charge is 0.338 e. The molecule has 0 radical (unpaired) electrons. The third-order valence-corrected chi connectivity index (χ3v) is 3.57. The van der Waals surface area contributed by atoms with Crippen LogP contribution >= 0.6 is 0 Å². The molecular weight excluding hydrogens is 270 g/mol. The molecule has 2 aromatic rings. The molecule has 1 fully saturated rings. The highest BCUT2D eigenvalue weighted by atomic mass is 16.5. The van der Waals surface area contributed by atoms with Gasteiger partial charge in [0.2, 0.25) is 18.2 Å². The summed E-state index contributed by atoms with van der Waals surface area (Å²) in [5.41, 5.74) is 2.76. The van der Waals surface area contributed by atoms with Gasteiger partial charge in [0.15, 0.2) is 0 Å². The van der Waals surface area contributed by atoms with Crippen LogP contribution in [0, 0.1) is 0 Å². The zero-order valence-electron chi connectivity index (χ0n) is 11.5. The van der Waals surface area contributed by atoms with Crippen molar-refractivity contribution in [2.24, 2.45) is 0 Å². The summed E-state index contributed by atoms with van der Waals surface area (Å²) >= 11 is 0. The number of carbonyl (C=O) groups is 2. The quantitative estimate of drug-likeness (QED) is 0.826. The van der Waals surface area contributed by atoms with Crippen LogP contribution in [0.1, 0.15) is 36.4 Å². The van der Waals surface area contributed by atoms with Crippen molar-refractivity contribution in [1.29, 1.82) is 0 Å². The molecule has 2 amide bonds. The normalized spacial score (nSPS) is 19.9. The number of anilines is 2. The summed E-state index contributed by atoms with van der Waals surface area (Å²) in [4.78, 5) is 21.6. The fourth-order valence-electron chi connectivity index (χ4n) is 2.58. The van der Waals surface area contributed by atoms with E-state index in [4.69, 9.17) is 4.52 Å². The lowest BCUT2D eigenvalue weighted by atomic mass is 10.1. The minimum absolute atomic E-state index is 0.0847. The van der Waals surface area contributed by atoms with Gasteiger partial charge in [-0.3, -0.25) is 14.9 Å². The van der Waals surface area contributed by atoms with Gasteiger partial charge in [-0.15, -0.1) is 0 Å². The van der Waals surface area contributed by atoms with Crippen LogP contribution in [-0.4, -0.2) is 17.5 Å². The minimum Gasteiger partial charge on any atom is -0.338 e. The summed E-state index contributed by atoms with van der Waals surface area (Å²) in [5.74, 6) is 0.826. The van der Waals surface area contributed by atoms with Crippen molar-refractivity contribution in [3.8, 4) is 0 Å². The molecule has 21 heavy (non-hydrogen) atoms. The molecule has 1 heterocycles. The van der Waals surface area contributed by atoms with Crippen LogP contribution < -0.4 is 10.6 Å². The molecule has 0 aliphatic heterocycles. The molecule has 1 aromatic heterocycles. The molecule has 1 aliphatic rings. The lowest BCUT2D eigenvalue weighted by molar-refractivity contribution is -0.114. The second-order valence-corrected chi connectivity index (χ2v) is 5.10. The first-order valence-corrected chi connectivity index (χ1v) is 6.72. The van der Waals surface area contributed by atoms with Gasteiger partial charge in [-0.05, 0) is 24.0 Å². The molecule has 1 aliphatic carbocycles. The number of hydrogen-bond acceptors (Lipinski definition) is 4. The summed E-state index contributed by atoms with van der Waals surface area (Å²) in [6.45, 7) is 1.50. The number of hydrogen-bond donors (Lipinski definition) is 2. The number of para-hydroxylation sites is 1. The lowest BCUT2D eigenvalue weighted by Gasteiger charge is -2.08. The van der Waals surface area contributed by atoms with E-state index in [9.17, 15) is 9.59 Å². The number of amides is 2.